The minimum Gasteiger partial charge on any atom is -0.195 e. The summed E-state index contributed by atoms with van der Waals surface area (Å²) in [5, 5.41) is 0. The second-order valence-corrected chi connectivity index (χ2v) is 7.39. The van der Waals surface area contributed by atoms with E-state index in [0.717, 1.165) is 12.8 Å². The van der Waals surface area contributed by atoms with Gasteiger partial charge in [-0.3, -0.25) is 0 Å². The molecule has 0 aliphatic carbocycles. The molecule has 0 aromatic heterocycles. The SMILES string of the molecule is CCCCCCCCCCN(CCCl)S(=O)(=O)Cl. The molecule has 0 aliphatic heterocycles. The fourth-order valence-electron chi connectivity index (χ4n) is 1.85. The highest BCUT2D eigenvalue weighted by molar-refractivity contribution is 8.11. The lowest BCUT2D eigenvalue weighted by molar-refractivity contribution is 0.421. The first kappa shape index (κ1) is 18.5. The van der Waals surface area contributed by atoms with E-state index in [2.05, 4.69) is 6.92 Å². The van der Waals surface area contributed by atoms with Gasteiger partial charge in [-0.1, -0.05) is 51.9 Å². The van der Waals surface area contributed by atoms with Gasteiger partial charge in [0, 0.05) is 29.7 Å². The van der Waals surface area contributed by atoms with Crippen LogP contribution in [0, 0.1) is 0 Å². The van der Waals surface area contributed by atoms with Crippen LogP contribution in [0.25, 0.3) is 0 Å². The fraction of sp³-hybridized carbons (Fsp3) is 1.00. The van der Waals surface area contributed by atoms with E-state index in [9.17, 15) is 8.42 Å². The van der Waals surface area contributed by atoms with Crippen LogP contribution in [0.3, 0.4) is 0 Å². The topological polar surface area (TPSA) is 37.4 Å². The normalized spacial score (nSPS) is 12.2. The van der Waals surface area contributed by atoms with Crippen molar-refractivity contribution in [2.45, 2.75) is 58.3 Å². The Morgan fingerprint density at radius 1 is 0.889 bits per heavy atom. The molecule has 18 heavy (non-hydrogen) atoms. The Kier molecular flexibility index (Phi) is 11.6. The maximum atomic E-state index is 11.2. The third kappa shape index (κ3) is 10.4. The minimum atomic E-state index is -3.61. The number of hydrogen-bond donors (Lipinski definition) is 0. The standard InChI is InChI=1S/C12H25Cl2NO2S/c1-2-3-4-5-6-7-8-9-11-15(12-10-13)18(14,16)17/h2-12H2,1H3. The van der Waals surface area contributed by atoms with E-state index in [1.54, 1.807) is 0 Å². The Morgan fingerprint density at radius 3 is 1.83 bits per heavy atom. The second kappa shape index (κ2) is 11.3. The highest BCUT2D eigenvalue weighted by Crippen LogP contribution is 2.12. The minimum absolute atomic E-state index is 0.281. The Bertz CT molecular complexity index is 284. The van der Waals surface area contributed by atoms with Gasteiger partial charge >= 0.3 is 0 Å². The van der Waals surface area contributed by atoms with E-state index in [0.29, 0.717) is 13.1 Å². The first-order valence-corrected chi connectivity index (χ1v) is 9.58. The van der Waals surface area contributed by atoms with Crippen molar-refractivity contribution < 1.29 is 8.42 Å². The van der Waals surface area contributed by atoms with Gasteiger partial charge in [0.2, 0.25) is 0 Å². The van der Waals surface area contributed by atoms with Crippen LogP contribution in [-0.4, -0.2) is 31.7 Å². The lowest BCUT2D eigenvalue weighted by Crippen LogP contribution is -2.30. The van der Waals surface area contributed by atoms with Crippen molar-refractivity contribution in [2.24, 2.45) is 0 Å². The van der Waals surface area contributed by atoms with Crippen LogP contribution in [0.1, 0.15) is 58.3 Å². The van der Waals surface area contributed by atoms with Crippen molar-refractivity contribution in [3.05, 3.63) is 0 Å². The molecule has 0 heterocycles. The molecule has 0 fully saturated rings. The average molecular weight is 318 g/mol. The number of hydrogen-bond acceptors (Lipinski definition) is 2. The van der Waals surface area contributed by atoms with Crippen LogP contribution in [0.4, 0.5) is 0 Å². The molecular formula is C12H25Cl2NO2S. The molecule has 0 rings (SSSR count). The van der Waals surface area contributed by atoms with E-state index in [4.69, 9.17) is 22.3 Å². The summed E-state index contributed by atoms with van der Waals surface area (Å²) >= 11 is 5.55. The van der Waals surface area contributed by atoms with E-state index in [1.165, 1.54) is 42.8 Å². The number of unbranched alkanes of at least 4 members (excludes halogenated alkanes) is 7. The number of nitrogens with zero attached hydrogens (tertiary/aromatic N) is 1. The molecule has 0 N–H and O–H groups in total. The molecule has 3 nitrogen and oxygen atoms in total. The maximum absolute atomic E-state index is 11.2. The Morgan fingerprint density at radius 2 is 1.39 bits per heavy atom. The zero-order chi connectivity index (χ0) is 13.9. The Labute approximate surface area is 121 Å². The lowest BCUT2D eigenvalue weighted by atomic mass is 10.1. The van der Waals surface area contributed by atoms with Crippen LogP contribution in [0.15, 0.2) is 0 Å². The van der Waals surface area contributed by atoms with Crippen LogP contribution in [-0.2, 0) is 9.24 Å². The van der Waals surface area contributed by atoms with Gasteiger partial charge < -0.3 is 0 Å². The molecule has 0 unspecified atom stereocenters. The molecule has 0 radical (unpaired) electrons. The van der Waals surface area contributed by atoms with Gasteiger partial charge in [-0.15, -0.1) is 11.6 Å². The highest BCUT2D eigenvalue weighted by Gasteiger charge is 2.17. The fourth-order valence-corrected chi connectivity index (χ4v) is 3.22. The van der Waals surface area contributed by atoms with E-state index < -0.39 is 9.24 Å². The average Bonchev–Trinajstić information content (AvgIpc) is 2.30. The third-order valence-corrected chi connectivity index (χ3v) is 4.64. The first-order chi connectivity index (χ1) is 8.52. The van der Waals surface area contributed by atoms with Crippen molar-refractivity contribution in [1.82, 2.24) is 4.31 Å². The van der Waals surface area contributed by atoms with Crippen molar-refractivity contribution in [2.75, 3.05) is 19.0 Å². The summed E-state index contributed by atoms with van der Waals surface area (Å²) in [5.74, 6) is 0.281. The summed E-state index contributed by atoms with van der Waals surface area (Å²) in [6.07, 6.45) is 9.49. The van der Waals surface area contributed by atoms with Crippen LogP contribution < -0.4 is 0 Å². The van der Waals surface area contributed by atoms with Crippen molar-refractivity contribution in [3.8, 4) is 0 Å². The van der Waals surface area contributed by atoms with Gasteiger partial charge in [0.15, 0.2) is 0 Å². The van der Waals surface area contributed by atoms with Gasteiger partial charge in [0.1, 0.15) is 0 Å². The van der Waals surface area contributed by atoms with Crippen LogP contribution in [0.2, 0.25) is 0 Å². The van der Waals surface area contributed by atoms with E-state index in [-0.39, 0.29) is 5.88 Å². The summed E-state index contributed by atoms with van der Waals surface area (Å²) in [6, 6.07) is 0. The second-order valence-electron chi connectivity index (χ2n) is 4.50. The van der Waals surface area contributed by atoms with Crippen molar-refractivity contribution >= 4 is 31.5 Å². The van der Waals surface area contributed by atoms with Gasteiger partial charge in [0.05, 0.1) is 0 Å². The summed E-state index contributed by atoms with van der Waals surface area (Å²) < 4.78 is 23.6. The quantitative estimate of drug-likeness (QED) is 0.308. The zero-order valence-corrected chi connectivity index (χ0v) is 13.5. The molecule has 0 amide bonds. The summed E-state index contributed by atoms with van der Waals surface area (Å²) in [7, 11) is 1.70. The van der Waals surface area contributed by atoms with Gasteiger partial charge in [-0.05, 0) is 6.42 Å². The smallest absolute Gasteiger partial charge is 0.195 e. The molecule has 0 aromatic rings. The monoisotopic (exact) mass is 317 g/mol. The summed E-state index contributed by atoms with van der Waals surface area (Å²) in [5.41, 5.74) is 0. The van der Waals surface area contributed by atoms with Gasteiger partial charge in [-0.25, -0.2) is 0 Å². The Balaban J connectivity index is 3.56. The molecule has 0 aromatic carbocycles. The molecule has 0 spiro atoms. The lowest BCUT2D eigenvalue weighted by Gasteiger charge is -2.16. The third-order valence-electron chi connectivity index (χ3n) is 2.90. The van der Waals surface area contributed by atoms with E-state index in [1.807, 2.05) is 0 Å². The first-order valence-electron chi connectivity index (χ1n) is 6.78. The zero-order valence-electron chi connectivity index (χ0n) is 11.2. The van der Waals surface area contributed by atoms with Crippen molar-refractivity contribution in [3.63, 3.8) is 0 Å². The largest absolute Gasteiger partial charge is 0.299 e. The molecule has 0 atom stereocenters. The number of rotatable bonds is 12. The summed E-state index contributed by atoms with van der Waals surface area (Å²) in [6.45, 7) is 2.98. The van der Waals surface area contributed by atoms with Gasteiger partial charge in [0.25, 0.3) is 9.24 Å². The molecule has 0 saturated heterocycles. The predicted octanol–water partition coefficient (Wildman–Crippen LogP) is 4.15. The highest BCUT2D eigenvalue weighted by atomic mass is 35.7. The van der Waals surface area contributed by atoms with Crippen LogP contribution >= 0.6 is 22.3 Å². The maximum Gasteiger partial charge on any atom is 0.299 e. The molecule has 0 saturated carbocycles. The molecule has 0 aliphatic rings. The molecule has 0 bridgehead atoms. The van der Waals surface area contributed by atoms with E-state index >= 15 is 0 Å². The number of alkyl halides is 1. The van der Waals surface area contributed by atoms with Gasteiger partial charge in [-0.2, -0.15) is 12.7 Å². The predicted molar refractivity (Wildman–Crippen MR) is 79.7 cm³/mol. The summed E-state index contributed by atoms with van der Waals surface area (Å²) in [4.78, 5) is 0. The Hall–Kier alpha value is 0.490. The molecule has 6 heteroatoms. The number of halogens is 2. The molecular weight excluding hydrogens is 293 g/mol. The van der Waals surface area contributed by atoms with Crippen LogP contribution in [0.5, 0.6) is 0 Å². The molecule has 110 valence electrons. The van der Waals surface area contributed by atoms with Crippen molar-refractivity contribution in [1.29, 1.82) is 0 Å².